The van der Waals surface area contributed by atoms with Crippen molar-refractivity contribution in [3.8, 4) is 0 Å². The number of hydrogen-bond acceptors (Lipinski definition) is 2. The van der Waals surface area contributed by atoms with Gasteiger partial charge in [-0.1, -0.05) is 13.8 Å². The number of carbonyl (C=O) groups excluding carboxylic acids is 1. The Morgan fingerprint density at radius 3 is 2.29 bits per heavy atom. The van der Waals surface area contributed by atoms with E-state index in [2.05, 4.69) is 13.8 Å². The number of piperidine rings is 1. The molecule has 5 heteroatoms. The average molecular weight is 242 g/mol. The first-order valence-electron chi connectivity index (χ1n) is 6.14. The van der Waals surface area contributed by atoms with Gasteiger partial charge >= 0.3 is 12.0 Å². The lowest BCUT2D eigenvalue weighted by molar-refractivity contribution is -0.143. The molecule has 1 saturated heterocycles. The minimum atomic E-state index is -0.743. The van der Waals surface area contributed by atoms with Crippen molar-refractivity contribution in [1.82, 2.24) is 9.80 Å². The summed E-state index contributed by atoms with van der Waals surface area (Å²) in [4.78, 5) is 26.3. The van der Waals surface area contributed by atoms with Gasteiger partial charge in [-0.3, -0.25) is 4.79 Å². The first-order chi connectivity index (χ1) is 7.91. The van der Waals surface area contributed by atoms with Crippen molar-refractivity contribution in [1.29, 1.82) is 0 Å². The SMILES string of the molecule is CC(C)CN(C)C(=O)N1CCC(C(=O)O)CC1. The van der Waals surface area contributed by atoms with Gasteiger partial charge in [-0.05, 0) is 18.8 Å². The summed E-state index contributed by atoms with van der Waals surface area (Å²) < 4.78 is 0. The van der Waals surface area contributed by atoms with Crippen molar-refractivity contribution in [2.75, 3.05) is 26.7 Å². The van der Waals surface area contributed by atoms with E-state index in [0.29, 0.717) is 31.8 Å². The van der Waals surface area contributed by atoms with Gasteiger partial charge in [0.15, 0.2) is 0 Å². The summed E-state index contributed by atoms with van der Waals surface area (Å²) in [5, 5.41) is 8.88. The number of nitrogens with zero attached hydrogens (tertiary/aromatic N) is 2. The summed E-state index contributed by atoms with van der Waals surface area (Å²) in [6.07, 6.45) is 1.13. The third-order valence-corrected chi connectivity index (χ3v) is 3.08. The molecule has 2 amide bonds. The topological polar surface area (TPSA) is 60.9 Å². The number of carboxylic acid groups (broad SMARTS) is 1. The number of amides is 2. The molecule has 0 aromatic carbocycles. The van der Waals surface area contributed by atoms with Crippen LogP contribution in [0.5, 0.6) is 0 Å². The molecule has 0 spiro atoms. The lowest BCUT2D eigenvalue weighted by Crippen LogP contribution is -2.47. The molecular formula is C12H22N2O3. The van der Waals surface area contributed by atoms with Gasteiger partial charge in [-0.25, -0.2) is 4.79 Å². The number of carbonyl (C=O) groups is 2. The van der Waals surface area contributed by atoms with E-state index >= 15 is 0 Å². The number of rotatable bonds is 3. The van der Waals surface area contributed by atoms with Crippen LogP contribution in [0.15, 0.2) is 0 Å². The molecule has 1 aliphatic rings. The van der Waals surface area contributed by atoms with E-state index in [9.17, 15) is 9.59 Å². The highest BCUT2D eigenvalue weighted by Crippen LogP contribution is 2.18. The fourth-order valence-electron chi connectivity index (χ4n) is 2.18. The Morgan fingerprint density at radius 2 is 1.88 bits per heavy atom. The third kappa shape index (κ3) is 3.91. The molecule has 5 nitrogen and oxygen atoms in total. The smallest absolute Gasteiger partial charge is 0.319 e. The fourth-order valence-corrected chi connectivity index (χ4v) is 2.18. The van der Waals surface area contributed by atoms with Crippen LogP contribution in [0, 0.1) is 11.8 Å². The van der Waals surface area contributed by atoms with Crippen molar-refractivity contribution < 1.29 is 14.7 Å². The van der Waals surface area contributed by atoms with Crippen LogP contribution in [0.25, 0.3) is 0 Å². The summed E-state index contributed by atoms with van der Waals surface area (Å²) in [5.74, 6) is -0.581. The van der Waals surface area contributed by atoms with Crippen molar-refractivity contribution in [2.45, 2.75) is 26.7 Å². The van der Waals surface area contributed by atoms with E-state index in [4.69, 9.17) is 5.11 Å². The summed E-state index contributed by atoms with van der Waals surface area (Å²) in [6.45, 7) is 5.98. The number of hydrogen-bond donors (Lipinski definition) is 1. The predicted molar refractivity (Wildman–Crippen MR) is 64.8 cm³/mol. The summed E-state index contributed by atoms with van der Waals surface area (Å²) >= 11 is 0. The molecule has 0 saturated carbocycles. The van der Waals surface area contributed by atoms with Crippen molar-refractivity contribution >= 4 is 12.0 Å². The molecule has 0 radical (unpaired) electrons. The Bertz CT molecular complexity index is 283. The molecule has 17 heavy (non-hydrogen) atoms. The lowest BCUT2D eigenvalue weighted by atomic mass is 9.97. The fraction of sp³-hybridized carbons (Fsp3) is 0.833. The molecule has 0 atom stereocenters. The Labute approximate surface area is 102 Å². The quantitative estimate of drug-likeness (QED) is 0.815. The Balaban J connectivity index is 2.43. The summed E-state index contributed by atoms with van der Waals surface area (Å²) in [5.41, 5.74) is 0. The van der Waals surface area contributed by atoms with Gasteiger partial charge in [0.2, 0.25) is 0 Å². The molecule has 1 fully saturated rings. The van der Waals surface area contributed by atoms with E-state index in [-0.39, 0.29) is 11.9 Å². The second kappa shape index (κ2) is 5.89. The maximum atomic E-state index is 12.0. The predicted octanol–water partition coefficient (Wildman–Crippen LogP) is 1.49. The maximum absolute atomic E-state index is 12.0. The third-order valence-electron chi connectivity index (χ3n) is 3.08. The van der Waals surface area contributed by atoms with Crippen molar-refractivity contribution in [2.24, 2.45) is 11.8 Å². The molecule has 0 aromatic heterocycles. The van der Waals surface area contributed by atoms with Gasteiger partial charge in [0.05, 0.1) is 5.92 Å². The van der Waals surface area contributed by atoms with E-state index in [1.54, 1.807) is 16.8 Å². The minimum absolute atomic E-state index is 0.0162. The van der Waals surface area contributed by atoms with Crippen LogP contribution in [-0.4, -0.2) is 53.6 Å². The highest BCUT2D eigenvalue weighted by Gasteiger charge is 2.28. The Hall–Kier alpha value is -1.26. The van der Waals surface area contributed by atoms with Crippen molar-refractivity contribution in [3.05, 3.63) is 0 Å². The normalized spacial score (nSPS) is 17.3. The van der Waals surface area contributed by atoms with Crippen LogP contribution in [-0.2, 0) is 4.79 Å². The molecule has 0 aromatic rings. The van der Waals surface area contributed by atoms with Gasteiger partial charge in [0.25, 0.3) is 0 Å². The molecule has 1 rings (SSSR count). The molecule has 0 aliphatic carbocycles. The zero-order chi connectivity index (χ0) is 13.0. The summed E-state index contributed by atoms with van der Waals surface area (Å²) in [6, 6.07) is 0.0162. The molecule has 1 heterocycles. The molecule has 0 bridgehead atoms. The van der Waals surface area contributed by atoms with E-state index in [0.717, 1.165) is 6.54 Å². The van der Waals surface area contributed by atoms with E-state index in [1.165, 1.54) is 0 Å². The van der Waals surface area contributed by atoms with Gasteiger partial charge in [0.1, 0.15) is 0 Å². The van der Waals surface area contributed by atoms with Crippen LogP contribution < -0.4 is 0 Å². The minimum Gasteiger partial charge on any atom is -0.481 e. The maximum Gasteiger partial charge on any atom is 0.319 e. The van der Waals surface area contributed by atoms with Crippen LogP contribution >= 0.6 is 0 Å². The van der Waals surface area contributed by atoms with Gasteiger partial charge in [0, 0.05) is 26.7 Å². The molecule has 1 aliphatic heterocycles. The first-order valence-corrected chi connectivity index (χ1v) is 6.14. The zero-order valence-electron chi connectivity index (χ0n) is 10.8. The Morgan fingerprint density at radius 1 is 1.35 bits per heavy atom. The van der Waals surface area contributed by atoms with Crippen LogP contribution in [0.3, 0.4) is 0 Å². The Kier molecular flexibility index (Phi) is 4.78. The second-order valence-electron chi connectivity index (χ2n) is 5.16. The highest BCUT2D eigenvalue weighted by atomic mass is 16.4. The van der Waals surface area contributed by atoms with Crippen LogP contribution in [0.1, 0.15) is 26.7 Å². The molecule has 98 valence electrons. The second-order valence-corrected chi connectivity index (χ2v) is 5.16. The van der Waals surface area contributed by atoms with Gasteiger partial charge < -0.3 is 14.9 Å². The van der Waals surface area contributed by atoms with Crippen LogP contribution in [0.2, 0.25) is 0 Å². The number of likely N-dealkylation sites (tertiary alicyclic amines) is 1. The highest BCUT2D eigenvalue weighted by molar-refractivity contribution is 5.75. The molecular weight excluding hydrogens is 220 g/mol. The number of urea groups is 1. The average Bonchev–Trinajstić information content (AvgIpc) is 2.27. The van der Waals surface area contributed by atoms with E-state index < -0.39 is 5.97 Å². The largest absolute Gasteiger partial charge is 0.481 e. The standard InChI is InChI=1S/C12H22N2O3/c1-9(2)8-13(3)12(17)14-6-4-10(5-7-14)11(15)16/h9-10H,4-8H2,1-3H3,(H,15,16). The van der Waals surface area contributed by atoms with Crippen molar-refractivity contribution in [3.63, 3.8) is 0 Å². The number of aliphatic carboxylic acids is 1. The first kappa shape index (κ1) is 13.8. The zero-order valence-corrected chi connectivity index (χ0v) is 10.8. The molecule has 1 N–H and O–H groups in total. The van der Waals surface area contributed by atoms with Gasteiger partial charge in [-0.15, -0.1) is 0 Å². The van der Waals surface area contributed by atoms with Gasteiger partial charge in [-0.2, -0.15) is 0 Å². The van der Waals surface area contributed by atoms with Crippen LogP contribution in [0.4, 0.5) is 4.79 Å². The van der Waals surface area contributed by atoms with E-state index in [1.807, 2.05) is 0 Å². The monoisotopic (exact) mass is 242 g/mol. The summed E-state index contributed by atoms with van der Waals surface area (Å²) in [7, 11) is 1.80. The molecule has 0 unspecified atom stereocenters. The number of carboxylic acids is 1. The lowest BCUT2D eigenvalue weighted by Gasteiger charge is -2.33.